The Morgan fingerprint density at radius 2 is 2.18 bits per heavy atom. The van der Waals surface area contributed by atoms with E-state index in [1.54, 1.807) is 17.6 Å². The van der Waals surface area contributed by atoms with Crippen LogP contribution in [0.4, 0.5) is 0 Å². The first-order valence-corrected chi connectivity index (χ1v) is 8.52. The molecule has 3 rings (SSSR count). The molecule has 1 saturated heterocycles. The molecule has 118 valence electrons. The van der Waals surface area contributed by atoms with Gasteiger partial charge < -0.3 is 9.32 Å². The second kappa shape index (κ2) is 7.07. The number of rotatable bonds is 5. The Hall–Kier alpha value is -1.66. The minimum Gasteiger partial charge on any atom is -0.469 e. The summed E-state index contributed by atoms with van der Waals surface area (Å²) in [5.41, 5.74) is 1.14. The minimum atomic E-state index is 0.223. The van der Waals surface area contributed by atoms with Crippen LogP contribution in [0, 0.1) is 6.92 Å². The Morgan fingerprint density at radius 3 is 2.82 bits per heavy atom. The van der Waals surface area contributed by atoms with Crippen molar-refractivity contribution in [2.45, 2.75) is 26.3 Å². The second-order valence-electron chi connectivity index (χ2n) is 5.59. The van der Waals surface area contributed by atoms with E-state index in [2.05, 4.69) is 15.3 Å². The van der Waals surface area contributed by atoms with Gasteiger partial charge in [0, 0.05) is 50.9 Å². The number of piperazine rings is 1. The third-order valence-electron chi connectivity index (χ3n) is 3.94. The van der Waals surface area contributed by atoms with E-state index in [0.717, 1.165) is 49.2 Å². The fourth-order valence-corrected chi connectivity index (χ4v) is 3.31. The van der Waals surface area contributed by atoms with Crippen LogP contribution in [0.25, 0.3) is 0 Å². The van der Waals surface area contributed by atoms with Crippen molar-refractivity contribution < 1.29 is 9.21 Å². The molecule has 0 aliphatic carbocycles. The number of aryl methyl sites for hydroxylation is 2. The number of aromatic nitrogens is 1. The molecule has 0 N–H and O–H groups in total. The fourth-order valence-electron chi connectivity index (χ4n) is 2.71. The zero-order valence-electron chi connectivity index (χ0n) is 12.8. The molecule has 6 heteroatoms. The predicted octanol–water partition coefficient (Wildman–Crippen LogP) is 2.32. The SMILES string of the molecule is Cc1nc(CN2CCN(C(=O)CCc3ccco3)CC2)cs1. The number of nitrogens with zero attached hydrogens (tertiary/aromatic N) is 3. The fraction of sp³-hybridized carbons (Fsp3) is 0.500. The molecule has 0 spiro atoms. The van der Waals surface area contributed by atoms with Gasteiger partial charge in [-0.2, -0.15) is 0 Å². The number of furan rings is 1. The molecular weight excluding hydrogens is 298 g/mol. The van der Waals surface area contributed by atoms with Crippen molar-refractivity contribution in [3.05, 3.63) is 40.2 Å². The highest BCUT2D eigenvalue weighted by atomic mass is 32.1. The van der Waals surface area contributed by atoms with Gasteiger partial charge >= 0.3 is 0 Å². The van der Waals surface area contributed by atoms with E-state index in [4.69, 9.17) is 4.42 Å². The van der Waals surface area contributed by atoms with E-state index >= 15 is 0 Å². The number of thiazole rings is 1. The lowest BCUT2D eigenvalue weighted by atomic mass is 10.2. The van der Waals surface area contributed by atoms with Crippen molar-refractivity contribution in [1.82, 2.24) is 14.8 Å². The van der Waals surface area contributed by atoms with Crippen molar-refractivity contribution in [3.63, 3.8) is 0 Å². The molecule has 0 radical (unpaired) electrons. The summed E-state index contributed by atoms with van der Waals surface area (Å²) in [5, 5.41) is 3.23. The first kappa shape index (κ1) is 15.2. The normalized spacial score (nSPS) is 16.1. The van der Waals surface area contributed by atoms with Gasteiger partial charge in [0.1, 0.15) is 5.76 Å². The third kappa shape index (κ3) is 3.96. The van der Waals surface area contributed by atoms with Gasteiger partial charge in [0.2, 0.25) is 5.91 Å². The number of amides is 1. The van der Waals surface area contributed by atoms with Gasteiger partial charge in [-0.05, 0) is 19.1 Å². The first-order chi connectivity index (χ1) is 10.7. The summed E-state index contributed by atoms with van der Waals surface area (Å²) in [4.78, 5) is 21.0. The maximum absolute atomic E-state index is 12.2. The number of carbonyl (C=O) groups is 1. The predicted molar refractivity (Wildman–Crippen MR) is 85.7 cm³/mol. The Balaban J connectivity index is 1.42. The van der Waals surface area contributed by atoms with E-state index < -0.39 is 0 Å². The largest absolute Gasteiger partial charge is 0.469 e. The van der Waals surface area contributed by atoms with Crippen LogP contribution in [0.2, 0.25) is 0 Å². The highest BCUT2D eigenvalue weighted by Gasteiger charge is 2.21. The van der Waals surface area contributed by atoms with Crippen molar-refractivity contribution in [1.29, 1.82) is 0 Å². The van der Waals surface area contributed by atoms with Gasteiger partial charge in [0.15, 0.2) is 0 Å². The van der Waals surface area contributed by atoms with Crippen LogP contribution in [-0.4, -0.2) is 46.9 Å². The molecule has 1 aliphatic heterocycles. The quantitative estimate of drug-likeness (QED) is 0.849. The third-order valence-corrected chi connectivity index (χ3v) is 4.76. The van der Waals surface area contributed by atoms with Crippen molar-refractivity contribution in [3.8, 4) is 0 Å². The van der Waals surface area contributed by atoms with Crippen molar-refractivity contribution in [2.75, 3.05) is 26.2 Å². The van der Waals surface area contributed by atoms with Gasteiger partial charge in [-0.3, -0.25) is 9.69 Å². The van der Waals surface area contributed by atoms with E-state index in [1.165, 1.54) is 0 Å². The molecular formula is C16H21N3O2S. The lowest BCUT2D eigenvalue weighted by molar-refractivity contribution is -0.133. The standard InChI is InChI=1S/C16H21N3O2S/c1-13-17-14(12-22-13)11-18-6-8-19(9-7-18)16(20)5-4-15-3-2-10-21-15/h2-3,10,12H,4-9,11H2,1H3. The maximum Gasteiger partial charge on any atom is 0.223 e. The van der Waals surface area contributed by atoms with Crippen LogP contribution in [0.1, 0.15) is 22.9 Å². The smallest absolute Gasteiger partial charge is 0.223 e. The second-order valence-corrected chi connectivity index (χ2v) is 6.66. The summed E-state index contributed by atoms with van der Waals surface area (Å²) in [7, 11) is 0. The molecule has 0 bridgehead atoms. The molecule has 0 saturated carbocycles. The Morgan fingerprint density at radius 1 is 1.36 bits per heavy atom. The number of carbonyl (C=O) groups excluding carboxylic acids is 1. The average Bonchev–Trinajstić information content (AvgIpc) is 3.17. The Bertz CT molecular complexity index is 601. The lowest BCUT2D eigenvalue weighted by Crippen LogP contribution is -2.48. The van der Waals surface area contributed by atoms with Gasteiger partial charge in [-0.25, -0.2) is 4.98 Å². The van der Waals surface area contributed by atoms with Crippen LogP contribution in [0.3, 0.4) is 0 Å². The maximum atomic E-state index is 12.2. The number of hydrogen-bond acceptors (Lipinski definition) is 5. The van der Waals surface area contributed by atoms with E-state index in [9.17, 15) is 4.79 Å². The van der Waals surface area contributed by atoms with Gasteiger partial charge in [0.25, 0.3) is 0 Å². The van der Waals surface area contributed by atoms with Crippen LogP contribution < -0.4 is 0 Å². The summed E-state index contributed by atoms with van der Waals surface area (Å²) >= 11 is 1.69. The Labute approximate surface area is 134 Å². The van der Waals surface area contributed by atoms with E-state index in [-0.39, 0.29) is 5.91 Å². The van der Waals surface area contributed by atoms with E-state index in [0.29, 0.717) is 12.8 Å². The molecule has 2 aromatic heterocycles. The average molecular weight is 319 g/mol. The molecule has 1 fully saturated rings. The molecule has 2 aromatic rings. The zero-order chi connectivity index (χ0) is 15.4. The highest BCUT2D eigenvalue weighted by molar-refractivity contribution is 7.09. The van der Waals surface area contributed by atoms with Crippen LogP contribution in [0.15, 0.2) is 28.2 Å². The molecule has 22 heavy (non-hydrogen) atoms. The van der Waals surface area contributed by atoms with Gasteiger partial charge in [-0.1, -0.05) is 0 Å². The van der Waals surface area contributed by atoms with Crippen LogP contribution >= 0.6 is 11.3 Å². The van der Waals surface area contributed by atoms with Gasteiger partial charge in [0.05, 0.1) is 17.0 Å². The van der Waals surface area contributed by atoms with E-state index in [1.807, 2.05) is 24.0 Å². The summed E-state index contributed by atoms with van der Waals surface area (Å²) in [6.45, 7) is 6.37. The van der Waals surface area contributed by atoms with Crippen molar-refractivity contribution in [2.24, 2.45) is 0 Å². The zero-order valence-corrected chi connectivity index (χ0v) is 13.6. The van der Waals surface area contributed by atoms with Crippen LogP contribution in [0.5, 0.6) is 0 Å². The van der Waals surface area contributed by atoms with Crippen LogP contribution in [-0.2, 0) is 17.8 Å². The highest BCUT2D eigenvalue weighted by Crippen LogP contribution is 2.13. The lowest BCUT2D eigenvalue weighted by Gasteiger charge is -2.34. The molecule has 5 nitrogen and oxygen atoms in total. The monoisotopic (exact) mass is 319 g/mol. The molecule has 1 amide bonds. The number of hydrogen-bond donors (Lipinski definition) is 0. The molecule has 3 heterocycles. The Kier molecular flexibility index (Phi) is 4.90. The van der Waals surface area contributed by atoms with Crippen molar-refractivity contribution >= 4 is 17.2 Å². The summed E-state index contributed by atoms with van der Waals surface area (Å²) < 4.78 is 5.27. The molecule has 0 unspecified atom stereocenters. The molecule has 0 aromatic carbocycles. The topological polar surface area (TPSA) is 49.6 Å². The van der Waals surface area contributed by atoms with Gasteiger partial charge in [-0.15, -0.1) is 11.3 Å². The summed E-state index contributed by atoms with van der Waals surface area (Å²) in [5.74, 6) is 1.10. The summed E-state index contributed by atoms with van der Waals surface area (Å²) in [6, 6.07) is 3.78. The summed E-state index contributed by atoms with van der Waals surface area (Å²) in [6.07, 6.45) is 2.86. The first-order valence-electron chi connectivity index (χ1n) is 7.64. The minimum absolute atomic E-state index is 0.223. The molecule has 0 atom stereocenters. The molecule has 1 aliphatic rings.